The molecule has 0 heterocycles. The molecule has 1 unspecified atom stereocenters. The van der Waals surface area contributed by atoms with E-state index in [0.29, 0.717) is 17.2 Å². The van der Waals surface area contributed by atoms with E-state index in [1.54, 1.807) is 14.2 Å². The molecule has 0 aliphatic heterocycles. The highest BCUT2D eigenvalue weighted by molar-refractivity contribution is 5.51. The molecule has 0 aliphatic carbocycles. The van der Waals surface area contributed by atoms with Gasteiger partial charge in [0.2, 0.25) is 5.75 Å². The van der Waals surface area contributed by atoms with E-state index in [4.69, 9.17) is 19.9 Å². The van der Waals surface area contributed by atoms with Gasteiger partial charge < -0.3 is 19.9 Å². The first-order valence-corrected chi connectivity index (χ1v) is 6.05. The molecular weight excluding hydrogens is 230 g/mol. The molecule has 18 heavy (non-hydrogen) atoms. The minimum absolute atomic E-state index is 0.0802. The monoisotopic (exact) mass is 253 g/mol. The number of hydrogen-bond acceptors (Lipinski definition) is 4. The fourth-order valence-electron chi connectivity index (χ4n) is 2.05. The van der Waals surface area contributed by atoms with Crippen LogP contribution in [0.4, 0.5) is 0 Å². The summed E-state index contributed by atoms with van der Waals surface area (Å²) in [5, 5.41) is 0. The minimum Gasteiger partial charge on any atom is -0.493 e. The lowest BCUT2D eigenvalue weighted by Crippen LogP contribution is -2.35. The van der Waals surface area contributed by atoms with Gasteiger partial charge in [0.25, 0.3) is 0 Å². The number of para-hydroxylation sites is 1. The molecule has 4 heteroatoms. The highest BCUT2D eigenvalue weighted by Gasteiger charge is 2.24. The first kappa shape index (κ1) is 14.6. The zero-order chi connectivity index (χ0) is 13.8. The van der Waals surface area contributed by atoms with E-state index in [9.17, 15) is 0 Å². The maximum atomic E-state index is 5.99. The molecular formula is C14H23NO3. The van der Waals surface area contributed by atoms with Gasteiger partial charge in [-0.05, 0) is 32.9 Å². The molecule has 1 aromatic rings. The van der Waals surface area contributed by atoms with E-state index in [1.807, 2.05) is 39.0 Å². The molecule has 4 nitrogen and oxygen atoms in total. The van der Waals surface area contributed by atoms with E-state index in [-0.39, 0.29) is 11.6 Å². The average Bonchev–Trinajstić information content (AvgIpc) is 2.26. The Balaban J connectivity index is 2.96. The van der Waals surface area contributed by atoms with E-state index < -0.39 is 0 Å². The number of methoxy groups -OCH3 is 2. The number of hydrogen-bond donors (Lipinski definition) is 1. The smallest absolute Gasteiger partial charge is 0.203 e. The first-order valence-electron chi connectivity index (χ1n) is 6.05. The van der Waals surface area contributed by atoms with Crippen molar-refractivity contribution >= 4 is 0 Å². The zero-order valence-electron chi connectivity index (χ0n) is 11.8. The van der Waals surface area contributed by atoms with Crippen LogP contribution in [-0.2, 0) is 0 Å². The summed E-state index contributed by atoms with van der Waals surface area (Å²) in [7, 11) is 3.21. The highest BCUT2D eigenvalue weighted by atomic mass is 16.5. The summed E-state index contributed by atoms with van der Waals surface area (Å²) in [6.45, 7) is 5.98. The van der Waals surface area contributed by atoms with Crippen LogP contribution in [0, 0.1) is 0 Å². The molecule has 1 rings (SSSR count). The quantitative estimate of drug-likeness (QED) is 0.846. The summed E-state index contributed by atoms with van der Waals surface area (Å²) in [5.74, 6) is 1.94. The molecule has 0 aliphatic rings. The van der Waals surface area contributed by atoms with Crippen molar-refractivity contribution in [3.05, 3.63) is 18.2 Å². The van der Waals surface area contributed by atoms with E-state index in [1.165, 1.54) is 0 Å². The Morgan fingerprint density at radius 1 is 1.17 bits per heavy atom. The van der Waals surface area contributed by atoms with Gasteiger partial charge in [-0.1, -0.05) is 6.07 Å². The van der Waals surface area contributed by atoms with Crippen LogP contribution in [0.15, 0.2) is 18.2 Å². The third-order valence-electron chi connectivity index (χ3n) is 2.57. The molecule has 0 aromatic heterocycles. The normalized spacial score (nSPS) is 13.0. The van der Waals surface area contributed by atoms with Crippen LogP contribution in [0.2, 0.25) is 0 Å². The molecule has 0 bridgehead atoms. The summed E-state index contributed by atoms with van der Waals surface area (Å²) < 4.78 is 16.6. The van der Waals surface area contributed by atoms with Crippen molar-refractivity contribution in [1.82, 2.24) is 0 Å². The second kappa shape index (κ2) is 5.96. The fourth-order valence-corrected chi connectivity index (χ4v) is 2.05. The number of benzene rings is 1. The molecule has 2 N–H and O–H groups in total. The van der Waals surface area contributed by atoms with Crippen molar-refractivity contribution in [2.75, 3.05) is 14.2 Å². The van der Waals surface area contributed by atoms with E-state index >= 15 is 0 Å². The molecule has 0 saturated heterocycles. The number of nitrogens with two attached hydrogens (primary N) is 1. The zero-order valence-corrected chi connectivity index (χ0v) is 11.8. The molecule has 1 atom stereocenters. The standard InChI is InChI=1S/C14H23NO3/c1-10(15)9-14(2,3)18-12-8-6-7-11(16-4)13(12)17-5/h6-8,10H,9,15H2,1-5H3. The molecule has 0 spiro atoms. The van der Waals surface area contributed by atoms with Gasteiger partial charge in [0, 0.05) is 12.5 Å². The maximum absolute atomic E-state index is 5.99. The van der Waals surface area contributed by atoms with Gasteiger partial charge in [-0.25, -0.2) is 0 Å². The molecule has 1 aromatic carbocycles. The van der Waals surface area contributed by atoms with Gasteiger partial charge in [0.15, 0.2) is 11.5 Å². The van der Waals surface area contributed by atoms with Crippen LogP contribution in [0.25, 0.3) is 0 Å². The summed E-state index contributed by atoms with van der Waals surface area (Å²) >= 11 is 0. The van der Waals surface area contributed by atoms with Crippen LogP contribution in [0.5, 0.6) is 17.2 Å². The van der Waals surface area contributed by atoms with Crippen molar-refractivity contribution in [2.45, 2.75) is 38.8 Å². The van der Waals surface area contributed by atoms with Gasteiger partial charge in [-0.2, -0.15) is 0 Å². The number of ether oxygens (including phenoxy) is 3. The lowest BCUT2D eigenvalue weighted by Gasteiger charge is -2.29. The summed E-state index contributed by atoms with van der Waals surface area (Å²) in [6, 6.07) is 5.66. The Morgan fingerprint density at radius 2 is 1.78 bits per heavy atom. The second-order valence-corrected chi connectivity index (χ2v) is 5.03. The van der Waals surface area contributed by atoms with Crippen molar-refractivity contribution in [3.63, 3.8) is 0 Å². The Bertz CT molecular complexity index is 389. The lowest BCUT2D eigenvalue weighted by molar-refractivity contribution is 0.0888. The van der Waals surface area contributed by atoms with Crippen molar-refractivity contribution < 1.29 is 14.2 Å². The molecule has 0 amide bonds. The van der Waals surface area contributed by atoms with Crippen molar-refractivity contribution in [3.8, 4) is 17.2 Å². The average molecular weight is 253 g/mol. The molecule has 102 valence electrons. The number of rotatable bonds is 6. The predicted octanol–water partition coefficient (Wildman–Crippen LogP) is 2.60. The largest absolute Gasteiger partial charge is 0.493 e. The summed E-state index contributed by atoms with van der Waals surface area (Å²) in [5.41, 5.74) is 5.47. The molecule has 0 fully saturated rings. The highest BCUT2D eigenvalue weighted by Crippen LogP contribution is 2.38. The van der Waals surface area contributed by atoms with Crippen molar-refractivity contribution in [1.29, 1.82) is 0 Å². The molecule has 0 saturated carbocycles. The van der Waals surface area contributed by atoms with Crippen LogP contribution >= 0.6 is 0 Å². The van der Waals surface area contributed by atoms with E-state index in [0.717, 1.165) is 6.42 Å². The first-order chi connectivity index (χ1) is 8.39. The van der Waals surface area contributed by atoms with Crippen LogP contribution < -0.4 is 19.9 Å². The second-order valence-electron chi connectivity index (χ2n) is 5.03. The Kier molecular flexibility index (Phi) is 4.84. The van der Waals surface area contributed by atoms with Gasteiger partial charge in [0.05, 0.1) is 14.2 Å². The third kappa shape index (κ3) is 3.81. The van der Waals surface area contributed by atoms with Crippen LogP contribution in [0.1, 0.15) is 27.2 Å². The summed E-state index contributed by atoms with van der Waals surface area (Å²) in [4.78, 5) is 0. The van der Waals surface area contributed by atoms with Crippen LogP contribution in [-0.4, -0.2) is 25.9 Å². The predicted molar refractivity (Wildman–Crippen MR) is 72.5 cm³/mol. The summed E-state index contributed by atoms with van der Waals surface area (Å²) in [6.07, 6.45) is 0.757. The SMILES string of the molecule is COc1cccc(OC(C)(C)CC(C)N)c1OC. The molecule has 0 radical (unpaired) electrons. The maximum Gasteiger partial charge on any atom is 0.203 e. The van der Waals surface area contributed by atoms with Gasteiger partial charge in [0.1, 0.15) is 5.60 Å². The fraction of sp³-hybridized carbons (Fsp3) is 0.571. The Morgan fingerprint density at radius 3 is 2.28 bits per heavy atom. The minimum atomic E-state index is -0.353. The van der Waals surface area contributed by atoms with Crippen LogP contribution in [0.3, 0.4) is 0 Å². The Labute approximate surface area is 109 Å². The Hall–Kier alpha value is -1.42. The van der Waals surface area contributed by atoms with Crippen molar-refractivity contribution in [2.24, 2.45) is 5.73 Å². The van der Waals surface area contributed by atoms with E-state index in [2.05, 4.69) is 0 Å². The lowest BCUT2D eigenvalue weighted by atomic mass is 10.0. The van der Waals surface area contributed by atoms with Gasteiger partial charge >= 0.3 is 0 Å². The van der Waals surface area contributed by atoms with Gasteiger partial charge in [-0.3, -0.25) is 0 Å². The van der Waals surface area contributed by atoms with Gasteiger partial charge in [-0.15, -0.1) is 0 Å². The third-order valence-corrected chi connectivity index (χ3v) is 2.57. The topological polar surface area (TPSA) is 53.7 Å².